The Morgan fingerprint density at radius 1 is 1.48 bits per heavy atom. The molecule has 2 rings (SSSR count). The quantitative estimate of drug-likeness (QED) is 0.614. The van der Waals surface area contributed by atoms with Gasteiger partial charge < -0.3 is 20.1 Å². The van der Waals surface area contributed by atoms with E-state index in [4.69, 9.17) is 4.74 Å². The van der Waals surface area contributed by atoms with Crippen LogP contribution in [0.25, 0.3) is 0 Å². The summed E-state index contributed by atoms with van der Waals surface area (Å²) in [6.45, 7) is 3.98. The molecule has 1 fully saturated rings. The molecule has 1 saturated heterocycles. The van der Waals surface area contributed by atoms with Crippen molar-refractivity contribution in [1.29, 1.82) is 0 Å². The fourth-order valence-corrected chi connectivity index (χ4v) is 3.86. The van der Waals surface area contributed by atoms with Crippen molar-refractivity contribution < 1.29 is 9.84 Å². The van der Waals surface area contributed by atoms with Gasteiger partial charge >= 0.3 is 0 Å². The highest BCUT2D eigenvalue weighted by Gasteiger charge is 2.31. The molecule has 6 heteroatoms. The van der Waals surface area contributed by atoms with Gasteiger partial charge in [-0.05, 0) is 25.2 Å². The summed E-state index contributed by atoms with van der Waals surface area (Å²) in [4.78, 5) is 6.71. The average molecular weight is 337 g/mol. The van der Waals surface area contributed by atoms with Gasteiger partial charge in [-0.15, -0.1) is 0 Å². The van der Waals surface area contributed by atoms with Crippen molar-refractivity contribution in [3.8, 4) is 5.75 Å². The van der Waals surface area contributed by atoms with Gasteiger partial charge in [-0.2, -0.15) is 11.8 Å². The number of methoxy groups -OCH3 is 1. The zero-order valence-corrected chi connectivity index (χ0v) is 15.0. The zero-order valence-electron chi connectivity index (χ0n) is 14.2. The van der Waals surface area contributed by atoms with Crippen LogP contribution in [0, 0.1) is 0 Å². The van der Waals surface area contributed by atoms with Gasteiger partial charge in [-0.1, -0.05) is 18.2 Å². The van der Waals surface area contributed by atoms with Crippen molar-refractivity contribution in [2.24, 2.45) is 4.99 Å². The second-order valence-corrected chi connectivity index (χ2v) is 6.97. The van der Waals surface area contributed by atoms with Crippen molar-refractivity contribution in [2.45, 2.75) is 25.5 Å². The molecule has 1 aromatic rings. The van der Waals surface area contributed by atoms with E-state index in [2.05, 4.69) is 21.3 Å². The van der Waals surface area contributed by atoms with Crippen LogP contribution < -0.4 is 10.1 Å². The third-order valence-corrected chi connectivity index (χ3v) is 5.14. The van der Waals surface area contributed by atoms with Gasteiger partial charge in [0.05, 0.1) is 19.3 Å². The second kappa shape index (κ2) is 8.45. The summed E-state index contributed by atoms with van der Waals surface area (Å²) in [6.07, 6.45) is 0.816. The first-order valence-corrected chi connectivity index (χ1v) is 9.15. The van der Waals surface area contributed by atoms with E-state index in [-0.39, 0.29) is 0 Å². The minimum Gasteiger partial charge on any atom is -0.496 e. The Hall–Kier alpha value is -1.40. The summed E-state index contributed by atoms with van der Waals surface area (Å²) in [5.74, 6) is 3.47. The molecule has 5 nitrogen and oxygen atoms in total. The maximum atomic E-state index is 10.5. The predicted octanol–water partition coefficient (Wildman–Crippen LogP) is 1.96. The summed E-state index contributed by atoms with van der Waals surface area (Å²) < 4.78 is 5.41. The fourth-order valence-electron chi connectivity index (χ4n) is 2.58. The van der Waals surface area contributed by atoms with Crippen LogP contribution >= 0.6 is 11.8 Å². The minimum absolute atomic E-state index is 0.443. The lowest BCUT2D eigenvalue weighted by molar-refractivity contribution is 0.0776. The van der Waals surface area contributed by atoms with E-state index in [0.717, 1.165) is 41.7 Å². The Bertz CT molecular complexity index is 530. The summed E-state index contributed by atoms with van der Waals surface area (Å²) in [5.41, 5.74) is 0.453. The van der Waals surface area contributed by atoms with E-state index in [1.807, 2.05) is 32.2 Å². The number of rotatable bonds is 6. The highest BCUT2D eigenvalue weighted by atomic mass is 32.2. The van der Waals surface area contributed by atoms with Crippen LogP contribution in [0.2, 0.25) is 0 Å². The Kier molecular flexibility index (Phi) is 6.59. The maximum Gasteiger partial charge on any atom is 0.194 e. The molecule has 1 unspecified atom stereocenters. The first-order chi connectivity index (χ1) is 11.1. The average Bonchev–Trinajstić information content (AvgIpc) is 2.99. The van der Waals surface area contributed by atoms with Gasteiger partial charge in [0.25, 0.3) is 0 Å². The molecule has 0 aliphatic carbocycles. The molecule has 0 saturated carbocycles. The molecular weight excluding hydrogens is 310 g/mol. The number of nitrogens with zero attached hydrogens (tertiary/aromatic N) is 2. The first-order valence-electron chi connectivity index (χ1n) is 7.99. The van der Waals surface area contributed by atoms with Gasteiger partial charge in [-0.25, -0.2) is 0 Å². The topological polar surface area (TPSA) is 57.1 Å². The fraction of sp³-hybridized carbons (Fsp3) is 0.588. The zero-order chi connectivity index (χ0) is 16.7. The molecule has 1 aliphatic heterocycles. The van der Waals surface area contributed by atoms with Crippen molar-refractivity contribution in [3.05, 3.63) is 29.8 Å². The number of hydrogen-bond donors (Lipinski definition) is 2. The molecule has 23 heavy (non-hydrogen) atoms. The third kappa shape index (κ3) is 5.04. The number of ether oxygens (including phenoxy) is 1. The summed E-state index contributed by atoms with van der Waals surface area (Å²) >= 11 is 1.79. The SMILES string of the molecule is CCNC(=NCC1(O)CCSC1)N(C)Cc1ccccc1OC. The lowest BCUT2D eigenvalue weighted by Crippen LogP contribution is -2.41. The first kappa shape index (κ1) is 17.9. The molecule has 1 aromatic carbocycles. The van der Waals surface area contributed by atoms with Gasteiger partial charge in [-0.3, -0.25) is 4.99 Å². The molecule has 2 N–H and O–H groups in total. The molecule has 1 atom stereocenters. The molecule has 128 valence electrons. The molecule has 0 amide bonds. The van der Waals surface area contributed by atoms with E-state index in [1.165, 1.54) is 0 Å². The number of aliphatic imine (C=N–C) groups is 1. The molecule has 1 aliphatic rings. The standard InChI is InChI=1S/C17H27N3O2S/c1-4-18-16(19-12-17(21)9-10-23-13-17)20(2)11-14-7-5-6-8-15(14)22-3/h5-8,21H,4,9-13H2,1-3H3,(H,18,19). The molecule has 1 heterocycles. The number of benzene rings is 1. The van der Waals surface area contributed by atoms with Crippen molar-refractivity contribution in [3.63, 3.8) is 0 Å². The molecule has 0 spiro atoms. The monoisotopic (exact) mass is 337 g/mol. The van der Waals surface area contributed by atoms with Crippen molar-refractivity contribution >= 4 is 17.7 Å². The second-order valence-electron chi connectivity index (χ2n) is 5.87. The smallest absolute Gasteiger partial charge is 0.194 e. The van der Waals surface area contributed by atoms with Crippen LogP contribution in [0.4, 0.5) is 0 Å². The van der Waals surface area contributed by atoms with Gasteiger partial charge in [0.15, 0.2) is 5.96 Å². The lowest BCUT2D eigenvalue weighted by Gasteiger charge is -2.25. The van der Waals surface area contributed by atoms with E-state index in [9.17, 15) is 5.11 Å². The van der Waals surface area contributed by atoms with Crippen LogP contribution in [0.15, 0.2) is 29.3 Å². The van der Waals surface area contributed by atoms with Crippen molar-refractivity contribution in [1.82, 2.24) is 10.2 Å². The van der Waals surface area contributed by atoms with E-state index < -0.39 is 5.60 Å². The van der Waals surface area contributed by atoms with E-state index in [1.54, 1.807) is 18.9 Å². The van der Waals surface area contributed by atoms with Crippen LogP contribution in [0.1, 0.15) is 18.9 Å². The largest absolute Gasteiger partial charge is 0.496 e. The van der Waals surface area contributed by atoms with Crippen LogP contribution in [-0.2, 0) is 6.54 Å². The molecule has 0 radical (unpaired) electrons. The van der Waals surface area contributed by atoms with Crippen LogP contribution in [0.3, 0.4) is 0 Å². The maximum absolute atomic E-state index is 10.5. The highest BCUT2D eigenvalue weighted by Crippen LogP contribution is 2.28. The van der Waals surface area contributed by atoms with Gasteiger partial charge in [0.2, 0.25) is 0 Å². The normalized spacial score (nSPS) is 21.3. The lowest BCUT2D eigenvalue weighted by atomic mass is 10.0. The van der Waals surface area contributed by atoms with Crippen LogP contribution in [-0.4, -0.2) is 60.3 Å². The summed E-state index contributed by atoms with van der Waals surface area (Å²) in [6, 6.07) is 7.99. The summed E-state index contributed by atoms with van der Waals surface area (Å²) in [5, 5.41) is 13.8. The Morgan fingerprint density at radius 3 is 2.91 bits per heavy atom. The Balaban J connectivity index is 2.06. The number of para-hydroxylation sites is 1. The molecular formula is C17H27N3O2S. The Labute approximate surface area is 143 Å². The van der Waals surface area contributed by atoms with E-state index in [0.29, 0.717) is 13.1 Å². The number of guanidine groups is 1. The third-order valence-electron chi connectivity index (χ3n) is 3.90. The van der Waals surface area contributed by atoms with Gasteiger partial charge in [0, 0.05) is 31.5 Å². The van der Waals surface area contributed by atoms with Crippen molar-refractivity contribution in [2.75, 3.05) is 38.8 Å². The molecule has 0 bridgehead atoms. The summed E-state index contributed by atoms with van der Waals surface area (Å²) in [7, 11) is 3.69. The van der Waals surface area contributed by atoms with Crippen LogP contribution in [0.5, 0.6) is 5.75 Å². The molecule has 0 aromatic heterocycles. The number of aliphatic hydroxyl groups is 1. The number of thioether (sulfide) groups is 1. The number of nitrogens with one attached hydrogen (secondary N) is 1. The number of hydrogen-bond acceptors (Lipinski definition) is 4. The van der Waals surface area contributed by atoms with E-state index >= 15 is 0 Å². The highest BCUT2D eigenvalue weighted by molar-refractivity contribution is 7.99. The van der Waals surface area contributed by atoms with Gasteiger partial charge in [0.1, 0.15) is 5.75 Å². The Morgan fingerprint density at radius 2 is 2.26 bits per heavy atom. The predicted molar refractivity (Wildman–Crippen MR) is 97.3 cm³/mol. The minimum atomic E-state index is -0.656.